The van der Waals surface area contributed by atoms with Crippen molar-refractivity contribution in [1.82, 2.24) is 24.8 Å². The molecule has 0 bridgehead atoms. The molecule has 6 nitrogen and oxygen atoms in total. The average molecular weight is 369 g/mol. The van der Waals surface area contributed by atoms with Gasteiger partial charge in [-0.3, -0.25) is 14.7 Å². The van der Waals surface area contributed by atoms with E-state index in [2.05, 4.69) is 15.0 Å². The van der Waals surface area contributed by atoms with Gasteiger partial charge in [0, 0.05) is 44.8 Å². The summed E-state index contributed by atoms with van der Waals surface area (Å²) in [5.74, 6) is 0.574. The minimum atomic E-state index is -0.879. The summed E-state index contributed by atoms with van der Waals surface area (Å²) < 4.78 is 14.1. The monoisotopic (exact) mass is 369 g/mol. The normalized spacial score (nSPS) is 24.7. The highest BCUT2D eigenvalue weighted by molar-refractivity contribution is 5.84. The van der Waals surface area contributed by atoms with E-state index in [0.717, 1.165) is 24.1 Å². The molecule has 0 N–H and O–H groups in total. The zero-order valence-corrected chi connectivity index (χ0v) is 15.5. The van der Waals surface area contributed by atoms with Crippen LogP contribution in [0.3, 0.4) is 0 Å². The van der Waals surface area contributed by atoms with Crippen LogP contribution in [-0.2, 0) is 17.8 Å². The molecule has 0 spiro atoms. The fraction of sp³-hybridized carbons (Fsp3) is 0.500. The highest BCUT2D eigenvalue weighted by Gasteiger charge is 2.36. The zero-order chi connectivity index (χ0) is 18.8. The second-order valence-electron chi connectivity index (χ2n) is 7.44. The van der Waals surface area contributed by atoms with E-state index in [4.69, 9.17) is 0 Å². The van der Waals surface area contributed by atoms with Gasteiger partial charge in [-0.15, -0.1) is 0 Å². The van der Waals surface area contributed by atoms with E-state index in [1.165, 1.54) is 0 Å². The Labute approximate surface area is 158 Å². The largest absolute Gasteiger partial charge is 0.344 e. The Bertz CT molecular complexity index is 802. The molecule has 0 saturated carbocycles. The summed E-state index contributed by atoms with van der Waals surface area (Å²) in [6.45, 7) is 1.37. The molecule has 3 heterocycles. The minimum Gasteiger partial charge on any atom is -0.344 e. The topological polar surface area (TPSA) is 62.2 Å². The molecule has 1 unspecified atom stereocenters. The van der Waals surface area contributed by atoms with Gasteiger partial charge in [-0.1, -0.05) is 6.07 Å². The Balaban J connectivity index is 1.42. The number of nitrogens with zero attached hydrogens (tertiary/aromatic N) is 5. The lowest BCUT2D eigenvalue weighted by atomic mass is 10.0. The summed E-state index contributed by atoms with van der Waals surface area (Å²) in [6.07, 6.45) is 6.38. The molecule has 3 atom stereocenters. The molecule has 142 valence electrons. The van der Waals surface area contributed by atoms with Crippen molar-refractivity contribution in [2.45, 2.75) is 43.9 Å². The molecular formula is C20H24FN5O. The van der Waals surface area contributed by atoms with Crippen molar-refractivity contribution in [2.24, 2.45) is 0 Å². The maximum Gasteiger partial charge on any atom is 0.231 e. The van der Waals surface area contributed by atoms with Gasteiger partial charge in [0.2, 0.25) is 5.91 Å². The van der Waals surface area contributed by atoms with Crippen LogP contribution in [0.2, 0.25) is 0 Å². The van der Waals surface area contributed by atoms with Gasteiger partial charge in [0.25, 0.3) is 0 Å². The summed E-state index contributed by atoms with van der Waals surface area (Å²) in [5, 5.41) is 0. The Morgan fingerprint density at radius 1 is 1.26 bits per heavy atom. The van der Waals surface area contributed by atoms with Gasteiger partial charge in [0.1, 0.15) is 12.0 Å². The van der Waals surface area contributed by atoms with Crippen LogP contribution in [0.15, 0.2) is 36.8 Å². The predicted octanol–water partition coefficient (Wildman–Crippen LogP) is 1.97. The van der Waals surface area contributed by atoms with Crippen LogP contribution in [0.5, 0.6) is 0 Å². The van der Waals surface area contributed by atoms with Crippen molar-refractivity contribution < 1.29 is 9.18 Å². The van der Waals surface area contributed by atoms with Crippen LogP contribution >= 0.6 is 0 Å². The lowest BCUT2D eigenvalue weighted by Gasteiger charge is -2.29. The summed E-state index contributed by atoms with van der Waals surface area (Å²) >= 11 is 0. The van der Waals surface area contributed by atoms with Crippen molar-refractivity contribution >= 4 is 5.91 Å². The number of aromatic nitrogens is 3. The predicted molar refractivity (Wildman–Crippen MR) is 98.7 cm³/mol. The standard InChI is InChI=1S/C20H24FN5O/c1-25(20(27)17-6-5-14-4-2-7-24-19(14)17)12-16-10-15(21)11-26(16)13-18-22-8-3-9-23-18/h2-4,7-9,15-17H,5-6,10-13H2,1H3/t15-,16-,17?/m0/s1. The number of carbonyl (C=O) groups is 1. The maximum atomic E-state index is 14.1. The van der Waals surface area contributed by atoms with Crippen LogP contribution in [0.4, 0.5) is 4.39 Å². The second kappa shape index (κ2) is 7.68. The summed E-state index contributed by atoms with van der Waals surface area (Å²) in [4.78, 5) is 29.7. The molecular weight excluding hydrogens is 345 g/mol. The van der Waals surface area contributed by atoms with Crippen molar-refractivity contribution in [1.29, 1.82) is 0 Å². The van der Waals surface area contributed by atoms with Gasteiger partial charge in [-0.2, -0.15) is 0 Å². The van der Waals surface area contributed by atoms with Crippen LogP contribution < -0.4 is 0 Å². The molecule has 27 heavy (non-hydrogen) atoms. The van der Waals surface area contributed by atoms with Gasteiger partial charge in [0.05, 0.1) is 18.2 Å². The molecule has 1 aliphatic heterocycles. The molecule has 1 fully saturated rings. The highest BCUT2D eigenvalue weighted by atomic mass is 19.1. The Hall–Kier alpha value is -2.41. The number of aryl methyl sites for hydroxylation is 1. The third-order valence-electron chi connectivity index (χ3n) is 5.56. The Morgan fingerprint density at radius 2 is 2.04 bits per heavy atom. The van der Waals surface area contributed by atoms with Crippen molar-refractivity contribution in [3.8, 4) is 0 Å². The molecule has 2 aliphatic rings. The van der Waals surface area contributed by atoms with E-state index in [9.17, 15) is 9.18 Å². The number of alkyl halides is 1. The number of pyridine rings is 1. The quantitative estimate of drug-likeness (QED) is 0.806. The summed E-state index contributed by atoms with van der Waals surface area (Å²) in [7, 11) is 1.81. The number of fused-ring (bicyclic) bond motifs is 1. The fourth-order valence-electron chi connectivity index (χ4n) is 4.22. The smallest absolute Gasteiger partial charge is 0.231 e. The lowest BCUT2D eigenvalue weighted by Crippen LogP contribution is -2.42. The van der Waals surface area contributed by atoms with Gasteiger partial charge < -0.3 is 4.90 Å². The summed E-state index contributed by atoms with van der Waals surface area (Å²) in [5.41, 5.74) is 2.07. The number of hydrogen-bond acceptors (Lipinski definition) is 5. The average Bonchev–Trinajstić information content (AvgIpc) is 3.25. The SMILES string of the molecule is CN(C[C@@H]1C[C@H](F)CN1Cc1ncccn1)C(=O)C1CCc2cccnc21. The minimum absolute atomic E-state index is 0.0256. The van der Waals surface area contributed by atoms with Crippen LogP contribution in [0, 0.1) is 0 Å². The Kier molecular flexibility index (Phi) is 5.11. The summed E-state index contributed by atoms with van der Waals surface area (Å²) in [6, 6.07) is 5.70. The van der Waals surface area contributed by atoms with E-state index in [1.807, 2.05) is 24.1 Å². The molecule has 4 rings (SSSR count). The third kappa shape index (κ3) is 3.83. The van der Waals surface area contributed by atoms with Gasteiger partial charge >= 0.3 is 0 Å². The molecule has 1 amide bonds. The first-order valence-corrected chi connectivity index (χ1v) is 9.44. The number of carbonyl (C=O) groups excluding carboxylic acids is 1. The molecule has 1 saturated heterocycles. The fourth-order valence-corrected chi connectivity index (χ4v) is 4.22. The van der Waals surface area contributed by atoms with E-state index >= 15 is 0 Å². The van der Waals surface area contributed by atoms with Gasteiger partial charge in [-0.25, -0.2) is 14.4 Å². The Morgan fingerprint density at radius 3 is 2.85 bits per heavy atom. The maximum absolute atomic E-state index is 14.1. The molecule has 1 aliphatic carbocycles. The molecule has 7 heteroatoms. The number of likely N-dealkylation sites (tertiary alicyclic amines) is 1. The molecule has 0 aromatic carbocycles. The lowest BCUT2D eigenvalue weighted by molar-refractivity contribution is -0.132. The first-order chi connectivity index (χ1) is 13.1. The zero-order valence-electron chi connectivity index (χ0n) is 15.5. The van der Waals surface area contributed by atoms with E-state index in [-0.39, 0.29) is 17.9 Å². The third-order valence-corrected chi connectivity index (χ3v) is 5.56. The first kappa shape index (κ1) is 18.0. The molecule has 2 aromatic rings. The van der Waals surface area contributed by atoms with E-state index in [0.29, 0.717) is 31.9 Å². The number of halogens is 1. The highest BCUT2D eigenvalue weighted by Crippen LogP contribution is 2.33. The molecule has 2 aromatic heterocycles. The second-order valence-corrected chi connectivity index (χ2v) is 7.44. The van der Waals surface area contributed by atoms with Gasteiger partial charge in [-0.05, 0) is 37.0 Å². The van der Waals surface area contributed by atoms with Crippen molar-refractivity contribution in [3.63, 3.8) is 0 Å². The number of hydrogen-bond donors (Lipinski definition) is 0. The van der Waals surface area contributed by atoms with Crippen molar-refractivity contribution in [2.75, 3.05) is 20.1 Å². The molecule has 0 radical (unpaired) electrons. The van der Waals surface area contributed by atoms with E-state index < -0.39 is 6.17 Å². The van der Waals surface area contributed by atoms with Crippen molar-refractivity contribution in [3.05, 3.63) is 53.9 Å². The number of likely N-dealkylation sites (N-methyl/N-ethyl adjacent to an activating group) is 1. The van der Waals surface area contributed by atoms with Crippen LogP contribution in [0.25, 0.3) is 0 Å². The van der Waals surface area contributed by atoms with E-state index in [1.54, 1.807) is 29.6 Å². The van der Waals surface area contributed by atoms with Crippen LogP contribution in [-0.4, -0.2) is 63.0 Å². The van der Waals surface area contributed by atoms with Gasteiger partial charge in [0.15, 0.2) is 0 Å². The number of rotatable bonds is 5. The first-order valence-electron chi connectivity index (χ1n) is 9.44. The number of amides is 1. The van der Waals surface area contributed by atoms with Crippen LogP contribution in [0.1, 0.15) is 35.8 Å².